The van der Waals surface area contributed by atoms with Crippen LogP contribution in [-0.4, -0.2) is 241 Å². The maximum atomic E-state index is 14.3. The summed E-state index contributed by atoms with van der Waals surface area (Å²) >= 11 is 0. The number of ether oxygens (including phenoxy) is 7. The Hall–Kier alpha value is -3.62. The standard InChI is InChI=1S/C62H113N5O22/c1-40-53(76)56(79)46(37-68)87-60(40)84-33-18-6-10-25-49(72)63-28-16-13-22-43(59(82)66-30-15-5-9-24-51(74)65-31-21-32-83-4)36-45(71)44(67-52(75)27-12-8-20-35-86-62-42(3)55(78)58(81)48(39-70)89-62)23-14-17-29-64-50(73)26-11-7-19-34-85-61-41(2)54(77)57(80)47(38-69)88-61/h40-44,46-48,53-58,60-62,68-70,76-81H,5-39H2,1-4H3,(H,63,72)(H,64,73)(H,65,74)(H,66,82)(H,67,75). The number of unbranched alkanes of at least 4 members (excludes halogenated alkanes) is 10. The second-order valence-electron chi connectivity index (χ2n) is 24.2. The molecule has 0 saturated carbocycles. The van der Waals surface area contributed by atoms with Gasteiger partial charge in [-0.05, 0) is 89.9 Å². The number of carbonyl (C=O) groups is 6. The number of amides is 5. The molecule has 3 aliphatic rings. The van der Waals surface area contributed by atoms with Gasteiger partial charge in [-0.2, -0.15) is 0 Å². The summed E-state index contributed by atoms with van der Waals surface area (Å²) in [7, 11) is 1.60. The van der Waals surface area contributed by atoms with Gasteiger partial charge >= 0.3 is 0 Å². The largest absolute Gasteiger partial charge is 0.394 e. The minimum absolute atomic E-state index is 0.0536. The van der Waals surface area contributed by atoms with Crippen molar-refractivity contribution in [3.05, 3.63) is 0 Å². The molecule has 0 spiro atoms. The average Bonchev–Trinajstić information content (AvgIpc) is 2.38. The van der Waals surface area contributed by atoms with E-state index < -0.39 is 123 Å². The molecule has 0 aromatic carbocycles. The Morgan fingerprint density at radius 3 is 1.15 bits per heavy atom. The number of rotatable bonds is 49. The second kappa shape index (κ2) is 46.4. The lowest BCUT2D eigenvalue weighted by Gasteiger charge is -2.40. The fourth-order valence-corrected chi connectivity index (χ4v) is 10.9. The fraction of sp³-hybridized carbons (Fsp3) is 0.903. The van der Waals surface area contributed by atoms with E-state index in [-0.39, 0.29) is 74.0 Å². The van der Waals surface area contributed by atoms with E-state index in [0.29, 0.717) is 168 Å². The van der Waals surface area contributed by atoms with E-state index in [1.165, 1.54) is 0 Å². The Morgan fingerprint density at radius 1 is 0.404 bits per heavy atom. The number of hydrogen-bond acceptors (Lipinski definition) is 22. The van der Waals surface area contributed by atoms with Gasteiger partial charge in [-0.1, -0.05) is 52.9 Å². The van der Waals surface area contributed by atoms with Crippen LogP contribution in [0.3, 0.4) is 0 Å². The van der Waals surface area contributed by atoms with Crippen LogP contribution in [0.1, 0.15) is 175 Å². The van der Waals surface area contributed by atoms with Crippen molar-refractivity contribution in [3.8, 4) is 0 Å². The first-order valence-corrected chi connectivity index (χ1v) is 32.9. The van der Waals surface area contributed by atoms with Crippen molar-refractivity contribution in [3.63, 3.8) is 0 Å². The van der Waals surface area contributed by atoms with Gasteiger partial charge in [0.25, 0.3) is 0 Å². The van der Waals surface area contributed by atoms with Crippen molar-refractivity contribution < 1.29 is 108 Å². The molecule has 0 aromatic heterocycles. The molecule has 3 fully saturated rings. The molecule has 3 saturated heterocycles. The van der Waals surface area contributed by atoms with Gasteiger partial charge in [0.2, 0.25) is 29.5 Å². The molecule has 17 unspecified atom stereocenters. The number of Topliss-reactive ketones (excluding diaryl/α,β-unsaturated/α-hetero) is 1. The maximum absolute atomic E-state index is 14.3. The van der Waals surface area contributed by atoms with Crippen LogP contribution in [0.25, 0.3) is 0 Å². The van der Waals surface area contributed by atoms with Crippen molar-refractivity contribution in [1.82, 2.24) is 26.6 Å². The van der Waals surface area contributed by atoms with Crippen molar-refractivity contribution in [1.29, 1.82) is 0 Å². The quantitative estimate of drug-likeness (QED) is 0.0367. The zero-order chi connectivity index (χ0) is 65.5. The lowest BCUT2D eigenvalue weighted by Crippen LogP contribution is -2.55. The highest BCUT2D eigenvalue weighted by Crippen LogP contribution is 2.30. The Bertz CT molecular complexity index is 1960. The summed E-state index contributed by atoms with van der Waals surface area (Å²) in [6, 6.07) is -0.925. The smallest absolute Gasteiger partial charge is 0.223 e. The molecule has 0 bridgehead atoms. The summed E-state index contributed by atoms with van der Waals surface area (Å²) in [6.07, 6.45) is -0.863. The lowest BCUT2D eigenvalue weighted by molar-refractivity contribution is -0.282. The number of nitrogens with one attached hydrogen (secondary N) is 5. The number of hydrogen-bond donors (Lipinski definition) is 14. The van der Waals surface area contributed by atoms with Gasteiger partial charge in [0.15, 0.2) is 24.7 Å². The summed E-state index contributed by atoms with van der Waals surface area (Å²) in [6.45, 7) is 6.58. The molecule has 0 radical (unpaired) electrons. The van der Waals surface area contributed by atoms with E-state index in [0.717, 1.165) is 0 Å². The predicted octanol–water partition coefficient (Wildman–Crippen LogP) is 0.405. The molecule has 27 heteroatoms. The van der Waals surface area contributed by atoms with Gasteiger partial charge < -0.3 is 106 Å². The first-order chi connectivity index (χ1) is 42.8. The molecular formula is C62H113N5O22. The third kappa shape index (κ3) is 30.8. The van der Waals surface area contributed by atoms with Crippen LogP contribution in [0.15, 0.2) is 0 Å². The van der Waals surface area contributed by atoms with Crippen molar-refractivity contribution in [2.24, 2.45) is 23.7 Å². The zero-order valence-electron chi connectivity index (χ0n) is 53.4. The predicted molar refractivity (Wildman–Crippen MR) is 324 cm³/mol. The van der Waals surface area contributed by atoms with Gasteiger partial charge in [0, 0.05) is 115 Å². The van der Waals surface area contributed by atoms with E-state index in [9.17, 15) is 74.7 Å². The molecule has 0 aromatic rings. The third-order valence-corrected chi connectivity index (χ3v) is 16.9. The molecule has 89 heavy (non-hydrogen) atoms. The maximum Gasteiger partial charge on any atom is 0.223 e. The van der Waals surface area contributed by atoms with Gasteiger partial charge in [0.05, 0.1) is 44.2 Å². The normalized spacial score (nSPS) is 27.7. The van der Waals surface area contributed by atoms with Gasteiger partial charge in [-0.25, -0.2) is 0 Å². The minimum atomic E-state index is -1.25. The van der Waals surface area contributed by atoms with Gasteiger partial charge in [-0.15, -0.1) is 0 Å². The molecule has 0 aliphatic carbocycles. The molecule has 3 heterocycles. The fourth-order valence-electron chi connectivity index (χ4n) is 10.9. The Kier molecular flexibility index (Phi) is 41.6. The van der Waals surface area contributed by atoms with Crippen molar-refractivity contribution in [2.75, 3.05) is 79.5 Å². The van der Waals surface area contributed by atoms with Gasteiger partial charge in [-0.3, -0.25) is 28.8 Å². The number of aliphatic hydroxyl groups excluding tert-OH is 9. The highest BCUT2D eigenvalue weighted by atomic mass is 16.7. The Balaban J connectivity index is 1.55. The zero-order valence-corrected chi connectivity index (χ0v) is 53.4. The molecular weight excluding hydrogens is 1170 g/mol. The minimum Gasteiger partial charge on any atom is -0.394 e. The number of ketones is 1. The average molecular weight is 1280 g/mol. The highest BCUT2D eigenvalue weighted by molar-refractivity contribution is 5.92. The number of methoxy groups -OCH3 is 1. The van der Waals surface area contributed by atoms with Crippen LogP contribution in [0.4, 0.5) is 0 Å². The van der Waals surface area contributed by atoms with Crippen molar-refractivity contribution in [2.45, 2.75) is 255 Å². The van der Waals surface area contributed by atoms with Crippen LogP contribution < -0.4 is 26.6 Å². The summed E-state index contributed by atoms with van der Waals surface area (Å²) in [5.41, 5.74) is 0. The number of aliphatic hydroxyl groups is 9. The van der Waals surface area contributed by atoms with E-state index in [1.807, 2.05) is 0 Å². The summed E-state index contributed by atoms with van der Waals surface area (Å²) in [4.78, 5) is 79.6. The topological polar surface area (TPSA) is 409 Å². The molecule has 17 atom stereocenters. The first-order valence-electron chi connectivity index (χ1n) is 32.9. The SMILES string of the molecule is COCCCNC(=O)CCCCCNC(=O)C(CCCCNC(=O)CCCCCOC1OC(CO)C(O)C(O)C1C)CC(=O)C(CCCCNC(=O)CCCCCOC1OC(CO)C(O)C(O)C1C)NC(=O)CCCCCOC1OC(CO)C(O)C(O)C1C. The van der Waals surface area contributed by atoms with Crippen molar-refractivity contribution >= 4 is 35.3 Å². The lowest BCUT2D eigenvalue weighted by atomic mass is 9.91. The summed E-state index contributed by atoms with van der Waals surface area (Å²) in [5.74, 6) is -3.61. The Labute approximate surface area is 526 Å². The molecule has 5 amide bonds. The Morgan fingerprint density at radius 2 is 0.753 bits per heavy atom. The molecule has 14 N–H and O–H groups in total. The third-order valence-electron chi connectivity index (χ3n) is 16.9. The van der Waals surface area contributed by atoms with E-state index in [1.54, 1.807) is 27.9 Å². The number of carbonyl (C=O) groups excluding carboxylic acids is 6. The van der Waals surface area contributed by atoms with Crippen LogP contribution in [0.5, 0.6) is 0 Å². The van der Waals surface area contributed by atoms with E-state index in [2.05, 4.69) is 26.6 Å². The van der Waals surface area contributed by atoms with E-state index >= 15 is 0 Å². The molecule has 27 nitrogen and oxygen atoms in total. The summed E-state index contributed by atoms with van der Waals surface area (Å²) < 4.78 is 39.3. The van der Waals surface area contributed by atoms with Crippen LogP contribution in [-0.2, 0) is 61.9 Å². The monoisotopic (exact) mass is 1280 g/mol. The molecule has 518 valence electrons. The van der Waals surface area contributed by atoms with E-state index in [4.69, 9.17) is 33.2 Å². The van der Waals surface area contributed by atoms with Crippen LogP contribution in [0.2, 0.25) is 0 Å². The first kappa shape index (κ1) is 79.6. The van der Waals surface area contributed by atoms with Crippen LogP contribution in [0, 0.1) is 23.7 Å². The van der Waals surface area contributed by atoms with Gasteiger partial charge in [0.1, 0.15) is 36.6 Å². The van der Waals surface area contributed by atoms with Crippen LogP contribution >= 0.6 is 0 Å². The molecule has 3 aliphatic heterocycles. The molecule has 3 rings (SSSR count). The highest BCUT2D eigenvalue weighted by Gasteiger charge is 2.45. The second-order valence-corrected chi connectivity index (χ2v) is 24.2. The summed E-state index contributed by atoms with van der Waals surface area (Å²) in [5, 5.41) is 105.